The van der Waals surface area contributed by atoms with Crippen LogP contribution < -0.4 is 15.4 Å². The largest absolute Gasteiger partial charge is 0.495 e. The van der Waals surface area contributed by atoms with Gasteiger partial charge in [0.1, 0.15) is 17.6 Å². The van der Waals surface area contributed by atoms with Crippen LogP contribution in [0.4, 0.5) is 10.1 Å². The Kier molecular flexibility index (Phi) is 6.82. The van der Waals surface area contributed by atoms with E-state index >= 15 is 0 Å². The predicted molar refractivity (Wildman–Crippen MR) is 83.5 cm³/mol. The summed E-state index contributed by atoms with van der Waals surface area (Å²) in [7, 11) is 1.49. The van der Waals surface area contributed by atoms with Crippen molar-refractivity contribution < 1.29 is 18.7 Å². The van der Waals surface area contributed by atoms with Crippen LogP contribution in [0, 0.1) is 5.82 Å². The molecular weight excluding hydrogens is 287 g/mol. The van der Waals surface area contributed by atoms with Crippen molar-refractivity contribution in [1.29, 1.82) is 0 Å². The number of ether oxygens (including phenoxy) is 1. The second-order valence-electron chi connectivity index (χ2n) is 4.65. The van der Waals surface area contributed by atoms with Gasteiger partial charge in [-0.3, -0.25) is 14.9 Å². The Bertz CT molecular complexity index is 546. The van der Waals surface area contributed by atoms with E-state index in [0.29, 0.717) is 29.8 Å². The monoisotopic (exact) mass is 310 g/mol. The van der Waals surface area contributed by atoms with Gasteiger partial charge >= 0.3 is 0 Å². The van der Waals surface area contributed by atoms with Crippen LogP contribution >= 0.6 is 0 Å². The molecule has 1 aromatic carbocycles. The fourth-order valence-corrected chi connectivity index (χ4v) is 2.17. The maximum Gasteiger partial charge on any atom is 0.249 e. The van der Waals surface area contributed by atoms with E-state index in [1.54, 1.807) is 6.07 Å². The molecule has 0 saturated carbocycles. The number of hydrogen-bond acceptors (Lipinski definition) is 4. The molecule has 2 amide bonds. The summed E-state index contributed by atoms with van der Waals surface area (Å²) in [6.07, 6.45) is 1.20. The van der Waals surface area contributed by atoms with Gasteiger partial charge in [0, 0.05) is 12.5 Å². The molecule has 1 atom stereocenters. The van der Waals surface area contributed by atoms with Crippen molar-refractivity contribution in [2.45, 2.75) is 46.1 Å². The molecule has 1 heterocycles. The number of anilines is 1. The summed E-state index contributed by atoms with van der Waals surface area (Å²) in [4.78, 5) is 22.8. The Labute approximate surface area is 130 Å². The zero-order valence-corrected chi connectivity index (χ0v) is 13.5. The minimum Gasteiger partial charge on any atom is -0.495 e. The third kappa shape index (κ3) is 4.19. The second-order valence-corrected chi connectivity index (χ2v) is 4.65. The zero-order chi connectivity index (χ0) is 16.7. The van der Waals surface area contributed by atoms with E-state index in [0.717, 1.165) is 0 Å². The Morgan fingerprint density at radius 3 is 2.59 bits per heavy atom. The molecule has 1 unspecified atom stereocenters. The van der Waals surface area contributed by atoms with Crippen LogP contribution in [0.25, 0.3) is 0 Å². The highest BCUT2D eigenvalue weighted by molar-refractivity contribution is 6.01. The number of carbonyl (C=O) groups is 2. The standard InChI is InChI=1S/C14H17FN2O3.C2H6/c1-3-8-6-12(20-2)11(7-9(8)15)16-10-4-5-13(18)17-14(10)19;1-2/h6-7,10,16H,3-5H2,1-2H3,(H,17,18,19);1-2H3. The first-order valence-electron chi connectivity index (χ1n) is 7.51. The van der Waals surface area contributed by atoms with E-state index in [9.17, 15) is 14.0 Å². The normalized spacial score (nSPS) is 17.2. The summed E-state index contributed by atoms with van der Waals surface area (Å²) in [5.74, 6) is -0.549. The molecule has 0 radical (unpaired) electrons. The summed E-state index contributed by atoms with van der Waals surface area (Å²) in [6, 6.07) is 2.37. The van der Waals surface area contributed by atoms with Crippen molar-refractivity contribution >= 4 is 17.5 Å². The molecule has 5 nitrogen and oxygen atoms in total. The van der Waals surface area contributed by atoms with Crippen LogP contribution in [0.5, 0.6) is 5.75 Å². The first-order chi connectivity index (χ1) is 10.5. The number of halogens is 1. The number of carbonyl (C=O) groups excluding carboxylic acids is 2. The first kappa shape index (κ1) is 17.9. The molecule has 0 aromatic heterocycles. The molecule has 0 bridgehead atoms. The van der Waals surface area contributed by atoms with Crippen LogP contribution in [-0.2, 0) is 16.0 Å². The average molecular weight is 310 g/mol. The summed E-state index contributed by atoms with van der Waals surface area (Å²) in [6.45, 7) is 5.85. The minimum atomic E-state index is -0.562. The third-order valence-electron chi connectivity index (χ3n) is 3.32. The summed E-state index contributed by atoms with van der Waals surface area (Å²) >= 11 is 0. The zero-order valence-electron chi connectivity index (χ0n) is 13.5. The van der Waals surface area contributed by atoms with E-state index in [4.69, 9.17) is 4.74 Å². The number of nitrogens with one attached hydrogen (secondary N) is 2. The molecule has 0 spiro atoms. The molecular formula is C16H23FN2O3. The average Bonchev–Trinajstić information content (AvgIpc) is 2.52. The third-order valence-corrected chi connectivity index (χ3v) is 3.32. The van der Waals surface area contributed by atoms with Gasteiger partial charge in [-0.25, -0.2) is 4.39 Å². The van der Waals surface area contributed by atoms with Crippen molar-refractivity contribution in [2.75, 3.05) is 12.4 Å². The number of piperidine rings is 1. The molecule has 22 heavy (non-hydrogen) atoms. The molecule has 1 aliphatic heterocycles. The van der Waals surface area contributed by atoms with Gasteiger partial charge in [-0.05, 0) is 24.5 Å². The van der Waals surface area contributed by atoms with E-state index in [1.165, 1.54) is 13.2 Å². The number of benzene rings is 1. The van der Waals surface area contributed by atoms with Gasteiger partial charge < -0.3 is 10.1 Å². The van der Waals surface area contributed by atoms with E-state index in [-0.39, 0.29) is 18.1 Å². The fourth-order valence-electron chi connectivity index (χ4n) is 2.17. The predicted octanol–water partition coefficient (Wildman–Crippen LogP) is 2.64. The van der Waals surface area contributed by atoms with Gasteiger partial charge in [0.05, 0.1) is 12.8 Å². The molecule has 122 valence electrons. The number of aryl methyl sites for hydroxylation is 1. The number of hydrogen-bond donors (Lipinski definition) is 2. The highest BCUT2D eigenvalue weighted by Gasteiger charge is 2.27. The summed E-state index contributed by atoms with van der Waals surface area (Å²) in [5, 5.41) is 5.18. The van der Waals surface area contributed by atoms with Crippen LogP contribution in [0.2, 0.25) is 0 Å². The van der Waals surface area contributed by atoms with Crippen molar-refractivity contribution in [3.8, 4) is 5.75 Å². The van der Waals surface area contributed by atoms with Gasteiger partial charge in [-0.1, -0.05) is 20.8 Å². The van der Waals surface area contributed by atoms with Crippen molar-refractivity contribution in [3.05, 3.63) is 23.5 Å². The molecule has 1 aliphatic rings. The van der Waals surface area contributed by atoms with Gasteiger partial charge in [-0.15, -0.1) is 0 Å². The van der Waals surface area contributed by atoms with Crippen LogP contribution in [0.15, 0.2) is 12.1 Å². The Hall–Kier alpha value is -2.11. The second kappa shape index (κ2) is 8.36. The van der Waals surface area contributed by atoms with Crippen LogP contribution in [-0.4, -0.2) is 25.0 Å². The highest BCUT2D eigenvalue weighted by Crippen LogP contribution is 2.29. The molecule has 0 aliphatic carbocycles. The van der Waals surface area contributed by atoms with Gasteiger partial charge in [0.15, 0.2) is 0 Å². The maximum absolute atomic E-state index is 13.8. The van der Waals surface area contributed by atoms with E-state index in [1.807, 2.05) is 20.8 Å². The SMILES string of the molecule is CC.CCc1cc(OC)c(NC2CCC(=O)NC2=O)cc1F. The van der Waals surface area contributed by atoms with Crippen LogP contribution in [0.1, 0.15) is 39.2 Å². The first-order valence-corrected chi connectivity index (χ1v) is 7.51. The number of amides is 2. The molecule has 1 aromatic rings. The van der Waals surface area contributed by atoms with Gasteiger partial charge in [0.2, 0.25) is 11.8 Å². The lowest BCUT2D eigenvalue weighted by Crippen LogP contribution is -2.47. The maximum atomic E-state index is 13.8. The number of methoxy groups -OCH3 is 1. The van der Waals surface area contributed by atoms with Gasteiger partial charge in [0.25, 0.3) is 0 Å². The van der Waals surface area contributed by atoms with Crippen LogP contribution in [0.3, 0.4) is 0 Å². The number of rotatable bonds is 4. The Morgan fingerprint density at radius 2 is 2.05 bits per heavy atom. The van der Waals surface area contributed by atoms with Crippen molar-refractivity contribution in [3.63, 3.8) is 0 Å². The van der Waals surface area contributed by atoms with E-state index in [2.05, 4.69) is 10.6 Å². The van der Waals surface area contributed by atoms with Crippen molar-refractivity contribution in [1.82, 2.24) is 5.32 Å². The van der Waals surface area contributed by atoms with E-state index < -0.39 is 11.9 Å². The minimum absolute atomic E-state index is 0.265. The summed E-state index contributed by atoms with van der Waals surface area (Å²) in [5.41, 5.74) is 0.965. The topological polar surface area (TPSA) is 67.4 Å². The fraction of sp³-hybridized carbons (Fsp3) is 0.500. The molecule has 2 N–H and O–H groups in total. The molecule has 1 saturated heterocycles. The molecule has 2 rings (SSSR count). The molecule has 6 heteroatoms. The smallest absolute Gasteiger partial charge is 0.249 e. The lowest BCUT2D eigenvalue weighted by molar-refractivity contribution is -0.133. The highest BCUT2D eigenvalue weighted by atomic mass is 19.1. The van der Waals surface area contributed by atoms with Crippen molar-refractivity contribution in [2.24, 2.45) is 0 Å². The Balaban J connectivity index is 0.00000116. The summed E-state index contributed by atoms with van der Waals surface area (Å²) < 4.78 is 19.0. The molecule has 1 fully saturated rings. The lowest BCUT2D eigenvalue weighted by atomic mass is 10.0. The lowest BCUT2D eigenvalue weighted by Gasteiger charge is -2.24. The van der Waals surface area contributed by atoms with Gasteiger partial charge in [-0.2, -0.15) is 0 Å². The Morgan fingerprint density at radius 1 is 1.36 bits per heavy atom. The quantitative estimate of drug-likeness (QED) is 0.839. The number of imide groups is 1.